The lowest BCUT2D eigenvalue weighted by molar-refractivity contribution is 1.18. The molecule has 3 heterocycles. The maximum atomic E-state index is 2.47. The summed E-state index contributed by atoms with van der Waals surface area (Å²) in [5.74, 6) is 0. The standard InChI is InChI=1S/C42H26N2S/c1-2-12-28(13-3-1)43-35-18-8-6-16-31(35)34-26-27(22-24-38(34)43)41-39(25-23-33-32-17-7-11-21-40(32)45-42(33)41)44-36-19-9-4-14-29(36)30-15-5-10-20-37(30)44/h1-26H. The van der Waals surface area contributed by atoms with E-state index in [-0.39, 0.29) is 0 Å². The van der Waals surface area contributed by atoms with Crippen LogP contribution in [0.2, 0.25) is 0 Å². The SMILES string of the molecule is c1ccc(-n2c3ccccc3c3cc(-c4c(-n5c6ccccc6c6ccccc65)ccc5c4sc4ccccc45)ccc32)cc1. The minimum atomic E-state index is 1.18. The van der Waals surface area contributed by atoms with Crippen LogP contribution in [-0.4, -0.2) is 9.13 Å². The van der Waals surface area contributed by atoms with E-state index in [4.69, 9.17) is 0 Å². The van der Waals surface area contributed by atoms with E-state index in [1.165, 1.54) is 86.3 Å². The van der Waals surface area contributed by atoms with Crippen molar-refractivity contribution in [2.75, 3.05) is 0 Å². The molecule has 0 aliphatic rings. The maximum Gasteiger partial charge on any atom is 0.0555 e. The Balaban J connectivity index is 1.35. The number of hydrogen-bond donors (Lipinski definition) is 0. The molecule has 45 heavy (non-hydrogen) atoms. The number of thiophene rings is 1. The van der Waals surface area contributed by atoms with Crippen molar-refractivity contribution in [3.63, 3.8) is 0 Å². The Hall–Kier alpha value is -5.64. The summed E-state index contributed by atoms with van der Waals surface area (Å²) >= 11 is 1.90. The molecule has 10 rings (SSSR count). The lowest BCUT2D eigenvalue weighted by Crippen LogP contribution is -1.98. The van der Waals surface area contributed by atoms with Crippen LogP contribution in [-0.2, 0) is 0 Å². The zero-order valence-electron chi connectivity index (χ0n) is 24.3. The van der Waals surface area contributed by atoms with E-state index < -0.39 is 0 Å². The van der Waals surface area contributed by atoms with Gasteiger partial charge in [0, 0.05) is 53.0 Å². The Labute approximate surface area is 263 Å². The summed E-state index contributed by atoms with van der Waals surface area (Å²) in [5, 5.41) is 7.70. The Bertz CT molecular complexity index is 2710. The molecule has 3 heteroatoms. The summed E-state index contributed by atoms with van der Waals surface area (Å²) in [4.78, 5) is 0. The molecule has 0 atom stereocenters. The fraction of sp³-hybridized carbons (Fsp3) is 0. The van der Waals surface area contributed by atoms with Crippen LogP contribution in [0, 0.1) is 0 Å². The van der Waals surface area contributed by atoms with Crippen LogP contribution in [0.5, 0.6) is 0 Å². The maximum absolute atomic E-state index is 2.47. The molecule has 0 N–H and O–H groups in total. The number of hydrogen-bond acceptors (Lipinski definition) is 1. The third kappa shape index (κ3) is 3.50. The van der Waals surface area contributed by atoms with Gasteiger partial charge in [0.25, 0.3) is 0 Å². The predicted molar refractivity (Wildman–Crippen MR) is 193 cm³/mol. The van der Waals surface area contributed by atoms with Gasteiger partial charge in [0.05, 0.1) is 27.8 Å². The van der Waals surface area contributed by atoms with Gasteiger partial charge in [-0.15, -0.1) is 11.3 Å². The highest BCUT2D eigenvalue weighted by molar-refractivity contribution is 7.26. The van der Waals surface area contributed by atoms with Crippen molar-refractivity contribution in [2.45, 2.75) is 0 Å². The molecular formula is C42H26N2S. The molecule has 7 aromatic carbocycles. The second-order valence-electron chi connectivity index (χ2n) is 11.7. The Kier molecular flexibility index (Phi) is 5.19. The molecule has 0 bridgehead atoms. The largest absolute Gasteiger partial charge is 0.309 e. The highest BCUT2D eigenvalue weighted by Gasteiger charge is 2.21. The summed E-state index contributed by atoms with van der Waals surface area (Å²) < 4.78 is 7.50. The van der Waals surface area contributed by atoms with Gasteiger partial charge < -0.3 is 9.13 Å². The molecule has 0 aliphatic carbocycles. The van der Waals surface area contributed by atoms with Crippen LogP contribution in [0.4, 0.5) is 0 Å². The van der Waals surface area contributed by atoms with Crippen molar-refractivity contribution in [1.82, 2.24) is 9.13 Å². The minimum Gasteiger partial charge on any atom is -0.309 e. The summed E-state index contributed by atoms with van der Waals surface area (Å²) in [5.41, 5.74) is 9.77. The first-order valence-electron chi connectivity index (χ1n) is 15.4. The van der Waals surface area contributed by atoms with Gasteiger partial charge in [-0.1, -0.05) is 103 Å². The second-order valence-corrected chi connectivity index (χ2v) is 12.8. The third-order valence-corrected chi connectivity index (χ3v) is 10.5. The zero-order valence-corrected chi connectivity index (χ0v) is 25.1. The fourth-order valence-electron chi connectivity index (χ4n) is 7.41. The van der Waals surface area contributed by atoms with E-state index in [9.17, 15) is 0 Å². The van der Waals surface area contributed by atoms with Crippen LogP contribution >= 0.6 is 11.3 Å². The molecule has 0 amide bonds. The monoisotopic (exact) mass is 590 g/mol. The molecule has 0 radical (unpaired) electrons. The minimum absolute atomic E-state index is 1.18. The Morgan fingerprint density at radius 2 is 0.933 bits per heavy atom. The molecule has 2 nitrogen and oxygen atoms in total. The highest BCUT2D eigenvalue weighted by atomic mass is 32.1. The number of aromatic nitrogens is 2. The van der Waals surface area contributed by atoms with Crippen LogP contribution in [0.1, 0.15) is 0 Å². The van der Waals surface area contributed by atoms with Crippen molar-refractivity contribution in [3.8, 4) is 22.5 Å². The Morgan fingerprint density at radius 3 is 1.64 bits per heavy atom. The highest BCUT2D eigenvalue weighted by Crippen LogP contribution is 2.46. The van der Waals surface area contributed by atoms with Crippen LogP contribution < -0.4 is 0 Å². The average molecular weight is 591 g/mol. The average Bonchev–Trinajstić information content (AvgIpc) is 3.76. The first-order valence-corrected chi connectivity index (χ1v) is 16.2. The molecule has 210 valence electrons. The summed E-state index contributed by atoms with van der Waals surface area (Å²) in [6.45, 7) is 0. The van der Waals surface area contributed by atoms with E-state index in [0.29, 0.717) is 0 Å². The van der Waals surface area contributed by atoms with E-state index in [1.54, 1.807) is 0 Å². The molecule has 0 unspecified atom stereocenters. The number of benzene rings is 7. The van der Waals surface area contributed by atoms with E-state index in [2.05, 4.69) is 167 Å². The van der Waals surface area contributed by atoms with Crippen LogP contribution in [0.3, 0.4) is 0 Å². The van der Waals surface area contributed by atoms with Gasteiger partial charge in [-0.25, -0.2) is 0 Å². The molecule has 0 saturated heterocycles. The third-order valence-electron chi connectivity index (χ3n) is 9.32. The quantitative estimate of drug-likeness (QED) is 0.194. The first kappa shape index (κ1) is 24.8. The second kappa shape index (κ2) is 9.43. The number of rotatable bonds is 3. The molecule has 0 fully saturated rings. The van der Waals surface area contributed by atoms with Crippen molar-refractivity contribution < 1.29 is 0 Å². The van der Waals surface area contributed by atoms with Crippen molar-refractivity contribution in [2.24, 2.45) is 0 Å². The van der Waals surface area contributed by atoms with Crippen molar-refractivity contribution in [3.05, 3.63) is 158 Å². The summed E-state index contributed by atoms with van der Waals surface area (Å²) in [7, 11) is 0. The van der Waals surface area contributed by atoms with Crippen molar-refractivity contribution >= 4 is 75.1 Å². The van der Waals surface area contributed by atoms with E-state index >= 15 is 0 Å². The normalized spacial score (nSPS) is 12.0. The van der Waals surface area contributed by atoms with Crippen LogP contribution in [0.25, 0.3) is 86.3 Å². The number of para-hydroxylation sites is 4. The van der Waals surface area contributed by atoms with Gasteiger partial charge in [0.15, 0.2) is 0 Å². The number of nitrogens with zero attached hydrogens (tertiary/aromatic N) is 2. The lowest BCUT2D eigenvalue weighted by atomic mass is 9.98. The van der Waals surface area contributed by atoms with Gasteiger partial charge in [-0.3, -0.25) is 0 Å². The topological polar surface area (TPSA) is 9.86 Å². The molecule has 3 aromatic heterocycles. The summed E-state index contributed by atoms with van der Waals surface area (Å²) in [6, 6.07) is 57.6. The summed E-state index contributed by atoms with van der Waals surface area (Å²) in [6.07, 6.45) is 0. The van der Waals surface area contributed by atoms with Gasteiger partial charge in [0.2, 0.25) is 0 Å². The van der Waals surface area contributed by atoms with Gasteiger partial charge in [0.1, 0.15) is 0 Å². The van der Waals surface area contributed by atoms with Crippen molar-refractivity contribution in [1.29, 1.82) is 0 Å². The molecule has 0 saturated carbocycles. The van der Waals surface area contributed by atoms with Gasteiger partial charge >= 0.3 is 0 Å². The van der Waals surface area contributed by atoms with E-state index in [1.807, 2.05) is 11.3 Å². The molecule has 0 spiro atoms. The van der Waals surface area contributed by atoms with Gasteiger partial charge in [-0.2, -0.15) is 0 Å². The smallest absolute Gasteiger partial charge is 0.0555 e. The first-order chi connectivity index (χ1) is 22.3. The fourth-order valence-corrected chi connectivity index (χ4v) is 8.68. The molecular weight excluding hydrogens is 565 g/mol. The lowest BCUT2D eigenvalue weighted by Gasteiger charge is -2.16. The molecule has 10 aromatic rings. The zero-order chi connectivity index (χ0) is 29.5. The Morgan fingerprint density at radius 1 is 0.378 bits per heavy atom. The van der Waals surface area contributed by atoms with E-state index in [0.717, 1.165) is 0 Å². The number of fused-ring (bicyclic) bond motifs is 9. The van der Waals surface area contributed by atoms with Crippen LogP contribution in [0.15, 0.2) is 158 Å². The molecule has 0 aliphatic heterocycles. The predicted octanol–water partition coefficient (Wildman–Crippen LogP) is 11.9. The van der Waals surface area contributed by atoms with Gasteiger partial charge in [-0.05, 0) is 60.2 Å².